The van der Waals surface area contributed by atoms with Gasteiger partial charge in [0.1, 0.15) is 0 Å². The van der Waals surface area contributed by atoms with Gasteiger partial charge in [0.05, 0.1) is 39.6 Å². The summed E-state index contributed by atoms with van der Waals surface area (Å²) >= 11 is 2.95. The number of nitrogens with zero attached hydrogens (tertiary/aromatic N) is 8. The molecule has 1 saturated heterocycles. The lowest BCUT2D eigenvalue weighted by Crippen LogP contribution is -2.56. The number of carbonyl (C=O) groups excluding carboxylic acids is 1. The van der Waals surface area contributed by atoms with Crippen LogP contribution >= 0.6 is 15.9 Å². The van der Waals surface area contributed by atoms with E-state index in [0.29, 0.717) is 32.8 Å². The molecule has 1 aliphatic heterocycles. The number of nitrogens with one attached hydrogen (secondary N) is 3. The van der Waals surface area contributed by atoms with E-state index in [9.17, 15) is 28.0 Å². The van der Waals surface area contributed by atoms with Crippen LogP contribution in [0.2, 0.25) is 0 Å². The Morgan fingerprint density at radius 3 is 1.66 bits per heavy atom. The number of halogens is 3. The van der Waals surface area contributed by atoms with E-state index in [4.69, 9.17) is 20.1 Å². The number of benzene rings is 2. The number of aromatic amines is 2. The third kappa shape index (κ3) is 11.3. The van der Waals surface area contributed by atoms with Gasteiger partial charge in [-0.25, -0.2) is 33.7 Å². The van der Waals surface area contributed by atoms with Crippen molar-refractivity contribution in [3.63, 3.8) is 0 Å². The molecule has 0 bridgehead atoms. The van der Waals surface area contributed by atoms with Crippen molar-refractivity contribution < 1.29 is 32.8 Å². The molecule has 5 fully saturated rings. The van der Waals surface area contributed by atoms with E-state index in [0.717, 1.165) is 83.2 Å². The zero-order valence-corrected chi connectivity index (χ0v) is 46.1. The second-order valence-corrected chi connectivity index (χ2v) is 23.6. The van der Waals surface area contributed by atoms with Crippen LogP contribution in [0.1, 0.15) is 123 Å². The summed E-state index contributed by atoms with van der Waals surface area (Å²) in [7, 11) is 3.36. The maximum atomic E-state index is 14.6. The van der Waals surface area contributed by atoms with Crippen molar-refractivity contribution >= 4 is 61.9 Å². The number of amides is 1. The molecular formula is C56H60BBrF2N12O7. The average Bonchev–Trinajstić information content (AvgIpc) is 4.28. The number of hydrogen-bond donors (Lipinski definition) is 5. The lowest BCUT2D eigenvalue weighted by molar-refractivity contribution is -0.0197. The van der Waals surface area contributed by atoms with Crippen LogP contribution in [0.3, 0.4) is 0 Å². The summed E-state index contributed by atoms with van der Waals surface area (Å²) in [4.78, 5) is 54.1. The molecule has 23 heteroatoms. The fourth-order valence-electron chi connectivity index (χ4n) is 11.8. The Balaban J connectivity index is 0.000000132. The SMILES string of the molecule is Cn1cc(-c2cnc(C(=O)NC3CC4(C3)CC(c3n[nH]c(=O)c5ccccc35)C4)c(F)c2)cn1.Cn1cc(B2OC(C)(C)C(C)(C)O2)cn1.NC1CC2(C1)CC(c1n[nH]c(=O)c3ccccc13)C2.O=C(O)c1ncc(Br)cc1F. The standard InChI is InChI=1S/C25H23FN6O2.C15H17N3O.C10H17BN2O2.C6H3BrFNO2/c1-32-13-16(12-28-32)14-6-20(26)22(27-11-14)24(34)29-17-9-25(10-17)7-15(8-25)21-18-4-2-3-5-19(18)23(33)31-30-21;16-10-7-15(8-10)5-9(6-15)13-11-3-1-2-4-12(11)14(19)18-17-13;1-9(2)10(3,4)15-11(14-9)8-6-12-13(5)7-8;7-3-1-4(8)5(6(10)11)9-2-3/h2-6,11-13,15,17H,7-10H2,1H3,(H,29,34)(H,31,33);1-4,9-10H,5-8,16H2,(H,18,19);6-7H,1-5H3;1-2H,(H,10,11). The van der Waals surface area contributed by atoms with E-state index in [1.165, 1.54) is 31.3 Å². The maximum Gasteiger partial charge on any atom is 0.498 e. The smallest absolute Gasteiger partial charge is 0.476 e. The van der Waals surface area contributed by atoms with Gasteiger partial charge in [0.25, 0.3) is 17.0 Å². The van der Waals surface area contributed by atoms with Crippen LogP contribution < -0.4 is 27.6 Å². The van der Waals surface area contributed by atoms with Gasteiger partial charge in [0, 0.05) is 101 Å². The highest BCUT2D eigenvalue weighted by molar-refractivity contribution is 9.10. The summed E-state index contributed by atoms with van der Waals surface area (Å²) in [6, 6.07) is 18.1. The van der Waals surface area contributed by atoms with Crippen molar-refractivity contribution in [1.29, 1.82) is 0 Å². The molecule has 7 heterocycles. The molecule has 8 aromatic rings. The first-order valence-electron chi connectivity index (χ1n) is 26.0. The fourth-order valence-corrected chi connectivity index (χ4v) is 12.1. The van der Waals surface area contributed by atoms with E-state index in [1.807, 2.05) is 89.5 Å². The van der Waals surface area contributed by atoms with Crippen molar-refractivity contribution in [2.75, 3.05) is 0 Å². The number of pyridine rings is 2. The molecule has 13 rings (SSSR count). The predicted molar refractivity (Wildman–Crippen MR) is 295 cm³/mol. The first kappa shape index (κ1) is 55.0. The normalized spacial score (nSPS) is 23.8. The molecule has 6 N–H and O–H groups in total. The van der Waals surface area contributed by atoms with Gasteiger partial charge >= 0.3 is 13.1 Å². The number of aromatic nitrogens is 10. The topological polar surface area (TPSA) is 264 Å². The van der Waals surface area contributed by atoms with Gasteiger partial charge in [-0.1, -0.05) is 36.4 Å². The lowest BCUT2D eigenvalue weighted by atomic mass is 9.49. The molecule has 1 amide bonds. The summed E-state index contributed by atoms with van der Waals surface area (Å²) in [5.41, 5.74) is 9.25. The molecule has 4 saturated carbocycles. The Hall–Kier alpha value is -7.34. The van der Waals surface area contributed by atoms with Gasteiger partial charge in [-0.3, -0.25) is 23.7 Å². The largest absolute Gasteiger partial charge is 0.498 e. The number of rotatable bonds is 7. The molecule has 2 aromatic carbocycles. The second kappa shape index (κ2) is 21.4. The fraction of sp³-hybridized carbons (Fsp3) is 0.393. The molecule has 79 heavy (non-hydrogen) atoms. The number of nitrogens with two attached hydrogens (primary N) is 1. The molecule has 19 nitrogen and oxygen atoms in total. The summed E-state index contributed by atoms with van der Waals surface area (Å²) in [6.07, 6.45) is 18.1. The maximum absolute atomic E-state index is 14.6. The van der Waals surface area contributed by atoms with Crippen molar-refractivity contribution in [3.8, 4) is 11.1 Å². The number of aromatic carboxylic acids is 1. The third-order valence-electron chi connectivity index (χ3n) is 16.4. The van der Waals surface area contributed by atoms with Gasteiger partial charge < -0.3 is 25.5 Å². The number of fused-ring (bicyclic) bond motifs is 2. The zero-order chi connectivity index (χ0) is 56.2. The second-order valence-electron chi connectivity index (χ2n) is 22.7. The Bertz CT molecular complexity index is 3710. The van der Waals surface area contributed by atoms with Crippen LogP contribution in [0.25, 0.3) is 32.7 Å². The number of H-pyrrole nitrogens is 2. The molecule has 0 atom stereocenters. The molecule has 410 valence electrons. The molecule has 5 aliphatic rings. The monoisotopic (exact) mass is 1140 g/mol. The molecular weight excluding hydrogens is 1080 g/mol. The minimum atomic E-state index is -1.37. The van der Waals surface area contributed by atoms with Gasteiger partial charge in [0.2, 0.25) is 0 Å². The number of aryl methyl sites for hydroxylation is 2. The highest BCUT2D eigenvalue weighted by Crippen LogP contribution is 2.63. The van der Waals surface area contributed by atoms with Gasteiger partial charge in [-0.2, -0.15) is 20.4 Å². The van der Waals surface area contributed by atoms with Gasteiger partial charge in [-0.15, -0.1) is 0 Å². The predicted octanol–water partition coefficient (Wildman–Crippen LogP) is 7.62. The molecule has 4 aliphatic carbocycles. The minimum Gasteiger partial charge on any atom is -0.476 e. The lowest BCUT2D eigenvalue weighted by Gasteiger charge is -2.57. The average molecular weight is 1140 g/mol. The van der Waals surface area contributed by atoms with Crippen molar-refractivity contribution in [1.82, 2.24) is 55.2 Å². The van der Waals surface area contributed by atoms with Crippen LogP contribution in [0.5, 0.6) is 0 Å². The first-order valence-corrected chi connectivity index (χ1v) is 26.8. The Morgan fingerprint density at radius 2 is 1.19 bits per heavy atom. The van der Waals surface area contributed by atoms with Crippen LogP contribution in [0.4, 0.5) is 8.78 Å². The van der Waals surface area contributed by atoms with E-state index < -0.39 is 29.2 Å². The Morgan fingerprint density at radius 1 is 0.696 bits per heavy atom. The molecule has 2 spiro atoms. The number of carboxylic acids is 1. The van der Waals surface area contributed by atoms with Gasteiger partial charge in [-0.05, 0) is 130 Å². The highest BCUT2D eigenvalue weighted by atomic mass is 79.9. The summed E-state index contributed by atoms with van der Waals surface area (Å²) in [5, 5.41) is 36.7. The minimum absolute atomic E-state index is 0.00735. The van der Waals surface area contributed by atoms with E-state index in [-0.39, 0.29) is 52.5 Å². The zero-order valence-electron chi connectivity index (χ0n) is 44.5. The molecule has 0 unspecified atom stereocenters. The van der Waals surface area contributed by atoms with Crippen molar-refractivity contribution in [2.24, 2.45) is 30.7 Å². The van der Waals surface area contributed by atoms with E-state index in [2.05, 4.69) is 61.8 Å². The van der Waals surface area contributed by atoms with Crippen LogP contribution in [-0.2, 0) is 23.4 Å². The van der Waals surface area contributed by atoms with Gasteiger partial charge in [0.15, 0.2) is 23.0 Å². The van der Waals surface area contributed by atoms with Crippen LogP contribution in [0.15, 0.2) is 112 Å². The summed E-state index contributed by atoms with van der Waals surface area (Å²) in [6.45, 7) is 8.18. The number of hydrogen-bond acceptors (Lipinski definition) is 13. The molecule has 0 radical (unpaired) electrons. The quantitative estimate of drug-likeness (QED) is 0.0962. The van der Waals surface area contributed by atoms with E-state index in [1.54, 1.807) is 35.0 Å². The third-order valence-corrected chi connectivity index (χ3v) is 16.8. The number of carboxylic acid groups (broad SMARTS) is 1. The number of carbonyl (C=O) groups is 2. The summed E-state index contributed by atoms with van der Waals surface area (Å²) in [5.74, 6) is -2.57. The van der Waals surface area contributed by atoms with Crippen molar-refractivity contribution in [2.45, 2.75) is 114 Å². The first-order chi connectivity index (χ1) is 37.5. The van der Waals surface area contributed by atoms with Crippen molar-refractivity contribution in [3.05, 3.63) is 157 Å². The van der Waals surface area contributed by atoms with Crippen LogP contribution in [0, 0.1) is 22.5 Å². The van der Waals surface area contributed by atoms with E-state index >= 15 is 0 Å². The highest BCUT2D eigenvalue weighted by Gasteiger charge is 2.55. The molecule has 6 aromatic heterocycles. The van der Waals surface area contributed by atoms with Crippen LogP contribution in [-0.4, -0.2) is 97.3 Å². The Labute approximate surface area is 461 Å². The summed E-state index contributed by atoms with van der Waals surface area (Å²) < 4.78 is 42.8. The Kier molecular flexibility index (Phi) is 14.9.